The van der Waals surface area contributed by atoms with E-state index in [9.17, 15) is 0 Å². The Hall–Kier alpha value is -0.110. The number of alkyl halides is 2. The zero-order valence-corrected chi connectivity index (χ0v) is 13.5. The Bertz CT molecular complexity index is 435. The van der Waals surface area contributed by atoms with Crippen LogP contribution in [0.1, 0.15) is 39.5 Å². The lowest BCUT2D eigenvalue weighted by Crippen LogP contribution is -2.19. The zero-order chi connectivity index (χ0) is 14.0. The molecule has 2 aliphatic carbocycles. The monoisotopic (exact) mass is 320 g/mol. The van der Waals surface area contributed by atoms with Crippen molar-refractivity contribution in [3.05, 3.63) is 34.3 Å². The van der Waals surface area contributed by atoms with E-state index in [1.54, 1.807) is 0 Å². The van der Waals surface area contributed by atoms with Crippen molar-refractivity contribution in [2.75, 3.05) is 0 Å². The maximum Gasteiger partial charge on any atom is 0.122 e. The molecule has 0 fully saturated rings. The molecule has 0 aliphatic heterocycles. The Morgan fingerprint density at radius 2 is 1.95 bits per heavy atom. The Morgan fingerprint density at radius 1 is 1.21 bits per heavy atom. The largest absolute Gasteiger partial charge is 0.465 e. The normalized spacial score (nSPS) is 28.3. The van der Waals surface area contributed by atoms with Gasteiger partial charge < -0.3 is 4.74 Å². The maximum atomic E-state index is 6.30. The number of allylic oxidation sites excluding steroid dienone is 6. The van der Waals surface area contributed by atoms with E-state index >= 15 is 0 Å². The summed E-state index contributed by atoms with van der Waals surface area (Å²) in [4.78, 5) is 0. The van der Waals surface area contributed by atoms with E-state index in [0.29, 0.717) is 5.92 Å². The number of halogens is 3. The number of hydrogen-bond donors (Lipinski definition) is 0. The summed E-state index contributed by atoms with van der Waals surface area (Å²) in [6.07, 6.45) is 7.49. The zero-order valence-electron chi connectivity index (χ0n) is 11.3. The van der Waals surface area contributed by atoms with Crippen LogP contribution in [0, 0.1) is 5.92 Å². The molecule has 0 aromatic heterocycles. The first-order valence-electron chi connectivity index (χ1n) is 6.73. The van der Waals surface area contributed by atoms with Crippen molar-refractivity contribution >= 4 is 34.8 Å². The minimum Gasteiger partial charge on any atom is -0.465 e. The summed E-state index contributed by atoms with van der Waals surface area (Å²) in [7, 11) is 0. The molecule has 0 amide bonds. The van der Waals surface area contributed by atoms with Crippen molar-refractivity contribution in [1.82, 2.24) is 0 Å². The molecule has 0 saturated carbocycles. The SMILES string of the molecule is CC(C)C1=CC(Cl)=C(OC2=CC(Cl)C(Cl)CC2)CC1. The van der Waals surface area contributed by atoms with Gasteiger partial charge in [-0.25, -0.2) is 0 Å². The molecule has 0 spiro atoms. The average molecular weight is 322 g/mol. The Morgan fingerprint density at radius 3 is 2.53 bits per heavy atom. The van der Waals surface area contributed by atoms with Crippen molar-refractivity contribution < 1.29 is 4.74 Å². The maximum absolute atomic E-state index is 6.30. The smallest absolute Gasteiger partial charge is 0.122 e. The first kappa shape index (κ1) is 15.3. The molecule has 1 nitrogen and oxygen atoms in total. The van der Waals surface area contributed by atoms with Gasteiger partial charge in [-0.1, -0.05) is 31.0 Å². The molecule has 4 heteroatoms. The lowest BCUT2D eigenvalue weighted by atomic mass is 9.94. The fraction of sp³-hybridized carbons (Fsp3) is 0.600. The Balaban J connectivity index is 2.08. The van der Waals surface area contributed by atoms with Crippen LogP contribution >= 0.6 is 34.8 Å². The lowest BCUT2D eigenvalue weighted by Gasteiger charge is -2.25. The average Bonchev–Trinajstić information content (AvgIpc) is 2.36. The van der Waals surface area contributed by atoms with E-state index in [4.69, 9.17) is 39.5 Å². The van der Waals surface area contributed by atoms with Crippen LogP contribution in [0.25, 0.3) is 0 Å². The number of hydrogen-bond acceptors (Lipinski definition) is 1. The van der Waals surface area contributed by atoms with Crippen LogP contribution in [0.2, 0.25) is 0 Å². The molecular weight excluding hydrogens is 303 g/mol. The summed E-state index contributed by atoms with van der Waals surface area (Å²) >= 11 is 18.5. The third-order valence-corrected chi connectivity index (χ3v) is 4.94. The molecule has 0 radical (unpaired) electrons. The molecule has 0 bridgehead atoms. The predicted octanol–water partition coefficient (Wildman–Crippen LogP) is 5.72. The third-order valence-electron chi connectivity index (χ3n) is 3.57. The molecule has 0 saturated heterocycles. The van der Waals surface area contributed by atoms with Gasteiger partial charge in [0.05, 0.1) is 15.8 Å². The van der Waals surface area contributed by atoms with Crippen molar-refractivity contribution in [2.24, 2.45) is 5.92 Å². The van der Waals surface area contributed by atoms with Gasteiger partial charge in [-0.3, -0.25) is 0 Å². The van der Waals surface area contributed by atoms with Crippen LogP contribution < -0.4 is 0 Å². The van der Waals surface area contributed by atoms with Crippen molar-refractivity contribution in [1.29, 1.82) is 0 Å². The van der Waals surface area contributed by atoms with E-state index in [-0.39, 0.29) is 10.8 Å². The third kappa shape index (κ3) is 3.93. The summed E-state index contributed by atoms with van der Waals surface area (Å²) in [6.45, 7) is 4.37. The Labute approximate surface area is 130 Å². The van der Waals surface area contributed by atoms with Gasteiger partial charge in [0, 0.05) is 12.8 Å². The highest BCUT2D eigenvalue weighted by molar-refractivity contribution is 6.31. The minimum atomic E-state index is -0.157. The second-order valence-electron chi connectivity index (χ2n) is 5.38. The Kier molecular flexibility index (Phi) is 5.28. The highest BCUT2D eigenvalue weighted by Gasteiger charge is 2.23. The standard InChI is InChI=1S/C15H19Cl3O/c1-9(2)10-3-6-15(14(18)7-10)19-11-4-5-12(16)13(17)8-11/h7-9,12-13H,3-6H2,1-2H3. The van der Waals surface area contributed by atoms with Gasteiger partial charge in [0.2, 0.25) is 0 Å². The van der Waals surface area contributed by atoms with E-state index in [2.05, 4.69) is 13.8 Å². The van der Waals surface area contributed by atoms with Gasteiger partial charge in [0.25, 0.3) is 0 Å². The molecule has 0 N–H and O–H groups in total. The quantitative estimate of drug-likeness (QED) is 0.604. The molecule has 2 atom stereocenters. The summed E-state index contributed by atoms with van der Waals surface area (Å²) in [6, 6.07) is 0. The second-order valence-corrected chi connectivity index (χ2v) is 6.85. The molecule has 0 aromatic rings. The topological polar surface area (TPSA) is 9.23 Å². The van der Waals surface area contributed by atoms with Gasteiger partial charge >= 0.3 is 0 Å². The van der Waals surface area contributed by atoms with Crippen LogP contribution in [0.5, 0.6) is 0 Å². The van der Waals surface area contributed by atoms with Crippen LogP contribution in [0.3, 0.4) is 0 Å². The van der Waals surface area contributed by atoms with E-state index in [1.807, 2.05) is 12.2 Å². The van der Waals surface area contributed by atoms with Gasteiger partial charge in [-0.2, -0.15) is 0 Å². The predicted molar refractivity (Wildman–Crippen MR) is 82.7 cm³/mol. The molecule has 0 heterocycles. The molecule has 2 unspecified atom stereocenters. The van der Waals surface area contributed by atoms with Crippen molar-refractivity contribution in [3.8, 4) is 0 Å². The van der Waals surface area contributed by atoms with E-state index in [0.717, 1.165) is 42.2 Å². The highest BCUT2D eigenvalue weighted by atomic mass is 35.5. The molecule has 0 aromatic carbocycles. The van der Waals surface area contributed by atoms with E-state index in [1.165, 1.54) is 5.57 Å². The first-order chi connectivity index (χ1) is 8.97. The molecule has 19 heavy (non-hydrogen) atoms. The number of ether oxygens (including phenoxy) is 1. The fourth-order valence-electron chi connectivity index (χ4n) is 2.30. The summed E-state index contributed by atoms with van der Waals surface area (Å²) < 4.78 is 5.91. The van der Waals surface area contributed by atoms with Gasteiger partial charge in [-0.15, -0.1) is 23.2 Å². The van der Waals surface area contributed by atoms with Gasteiger partial charge in [0.15, 0.2) is 0 Å². The molecular formula is C15H19Cl3O. The molecule has 106 valence electrons. The molecule has 2 aliphatic rings. The van der Waals surface area contributed by atoms with Crippen LogP contribution in [-0.2, 0) is 4.74 Å². The van der Waals surface area contributed by atoms with E-state index < -0.39 is 0 Å². The van der Waals surface area contributed by atoms with Gasteiger partial charge in [-0.05, 0) is 30.9 Å². The highest BCUT2D eigenvalue weighted by Crippen LogP contribution is 2.34. The molecule has 2 rings (SSSR count). The van der Waals surface area contributed by atoms with Crippen molar-refractivity contribution in [3.63, 3.8) is 0 Å². The van der Waals surface area contributed by atoms with Gasteiger partial charge in [0.1, 0.15) is 11.5 Å². The van der Waals surface area contributed by atoms with Crippen LogP contribution in [-0.4, -0.2) is 10.8 Å². The summed E-state index contributed by atoms with van der Waals surface area (Å²) in [5.74, 6) is 2.29. The van der Waals surface area contributed by atoms with Crippen LogP contribution in [0.15, 0.2) is 34.3 Å². The first-order valence-corrected chi connectivity index (χ1v) is 7.98. The lowest BCUT2D eigenvalue weighted by molar-refractivity contribution is 0.264. The minimum absolute atomic E-state index is 0.00253. The van der Waals surface area contributed by atoms with Crippen molar-refractivity contribution in [2.45, 2.75) is 50.3 Å². The summed E-state index contributed by atoms with van der Waals surface area (Å²) in [5, 5.41) is 0.558. The number of rotatable bonds is 3. The second kappa shape index (κ2) is 6.56. The van der Waals surface area contributed by atoms with Crippen LogP contribution in [0.4, 0.5) is 0 Å². The fourth-order valence-corrected chi connectivity index (χ4v) is 3.02. The summed E-state index contributed by atoms with van der Waals surface area (Å²) in [5.41, 5.74) is 1.38.